The zero-order valence-electron chi connectivity index (χ0n) is 7.58. The van der Waals surface area contributed by atoms with Gasteiger partial charge in [0.25, 0.3) is 9.05 Å². The lowest BCUT2D eigenvalue weighted by Crippen LogP contribution is -1.95. The maximum Gasteiger partial charge on any atom is 0.261 e. The molecule has 1 aromatic carbocycles. The smallest absolute Gasteiger partial charge is 0.261 e. The van der Waals surface area contributed by atoms with Gasteiger partial charge in [-0.1, -0.05) is 11.6 Å². The first kappa shape index (κ1) is 10.9. The van der Waals surface area contributed by atoms with E-state index in [9.17, 15) is 8.42 Å². The van der Waals surface area contributed by atoms with E-state index >= 15 is 0 Å². The van der Waals surface area contributed by atoms with Gasteiger partial charge in [-0.3, -0.25) is 0 Å². The van der Waals surface area contributed by atoms with Crippen molar-refractivity contribution < 1.29 is 17.9 Å². The van der Waals surface area contributed by atoms with Gasteiger partial charge in [0.15, 0.2) is 11.5 Å². The number of benzene rings is 1. The summed E-state index contributed by atoms with van der Waals surface area (Å²) in [5.74, 6) is 0.656. The lowest BCUT2D eigenvalue weighted by Gasteiger charge is -2.06. The van der Waals surface area contributed by atoms with Gasteiger partial charge in [-0.2, -0.15) is 0 Å². The van der Waals surface area contributed by atoms with Crippen LogP contribution in [0.1, 0.15) is 5.56 Å². The van der Waals surface area contributed by atoms with Gasteiger partial charge in [0, 0.05) is 16.7 Å². The second-order valence-corrected chi connectivity index (χ2v) is 5.90. The fraction of sp³-hybridized carbons (Fsp3) is 0.250. The standard InChI is InChI=1S/C8H6Cl2O4S/c1-4-6(15(10,11)12)2-5-8(7(4)9)14-3-13-5/h2H,3H2,1H3. The van der Waals surface area contributed by atoms with E-state index in [1.165, 1.54) is 6.07 Å². The van der Waals surface area contributed by atoms with Crippen molar-refractivity contribution in [2.75, 3.05) is 6.79 Å². The monoisotopic (exact) mass is 268 g/mol. The average molecular weight is 269 g/mol. The van der Waals surface area contributed by atoms with Crippen molar-refractivity contribution in [3.63, 3.8) is 0 Å². The molecule has 0 radical (unpaired) electrons. The van der Waals surface area contributed by atoms with Crippen molar-refractivity contribution >= 4 is 31.3 Å². The van der Waals surface area contributed by atoms with Crippen LogP contribution in [0.3, 0.4) is 0 Å². The quantitative estimate of drug-likeness (QED) is 0.734. The Morgan fingerprint density at radius 3 is 2.67 bits per heavy atom. The number of rotatable bonds is 1. The fourth-order valence-corrected chi connectivity index (χ4v) is 2.83. The highest BCUT2D eigenvalue weighted by atomic mass is 35.7. The molecule has 15 heavy (non-hydrogen) atoms. The number of ether oxygens (including phenoxy) is 2. The van der Waals surface area contributed by atoms with Crippen molar-refractivity contribution in [2.45, 2.75) is 11.8 Å². The van der Waals surface area contributed by atoms with Gasteiger partial charge >= 0.3 is 0 Å². The molecule has 0 unspecified atom stereocenters. The summed E-state index contributed by atoms with van der Waals surface area (Å²) in [5, 5.41) is 0.212. The number of hydrogen-bond donors (Lipinski definition) is 0. The van der Waals surface area contributed by atoms with Crippen molar-refractivity contribution in [3.8, 4) is 11.5 Å². The minimum Gasteiger partial charge on any atom is -0.453 e. The summed E-state index contributed by atoms with van der Waals surface area (Å²) in [7, 11) is 1.43. The first-order valence-electron chi connectivity index (χ1n) is 3.94. The van der Waals surface area contributed by atoms with Crippen molar-refractivity contribution in [1.82, 2.24) is 0 Å². The molecule has 0 saturated carbocycles. The molecule has 0 N–H and O–H groups in total. The summed E-state index contributed by atoms with van der Waals surface area (Å²) in [6, 6.07) is 1.31. The normalized spacial score (nSPS) is 14.3. The van der Waals surface area contributed by atoms with Crippen LogP contribution in [0.4, 0.5) is 0 Å². The van der Waals surface area contributed by atoms with Gasteiger partial charge in [-0.25, -0.2) is 8.42 Å². The Bertz CT molecular complexity index is 524. The Labute approximate surface area is 96.1 Å². The van der Waals surface area contributed by atoms with E-state index in [1.807, 2.05) is 0 Å². The summed E-state index contributed by atoms with van der Waals surface area (Å²) in [5.41, 5.74) is 0.357. The Morgan fingerprint density at radius 1 is 1.40 bits per heavy atom. The molecule has 1 heterocycles. The third-order valence-electron chi connectivity index (χ3n) is 2.06. The van der Waals surface area contributed by atoms with Crippen LogP contribution in [0.5, 0.6) is 11.5 Å². The van der Waals surface area contributed by atoms with Gasteiger partial charge in [0.1, 0.15) is 0 Å². The second kappa shape index (κ2) is 3.43. The first-order valence-corrected chi connectivity index (χ1v) is 6.63. The number of hydrogen-bond acceptors (Lipinski definition) is 4. The molecule has 0 bridgehead atoms. The van der Waals surface area contributed by atoms with Gasteiger partial charge in [0.05, 0.1) is 9.92 Å². The van der Waals surface area contributed by atoms with Crippen LogP contribution in [-0.4, -0.2) is 15.2 Å². The molecular formula is C8H6Cl2O4S. The van der Waals surface area contributed by atoms with Crippen LogP contribution >= 0.6 is 22.3 Å². The van der Waals surface area contributed by atoms with E-state index in [0.29, 0.717) is 17.1 Å². The fourth-order valence-electron chi connectivity index (χ4n) is 1.33. The third-order valence-corrected chi connectivity index (χ3v) is 3.97. The molecule has 0 amide bonds. The average Bonchev–Trinajstić information content (AvgIpc) is 2.57. The van der Waals surface area contributed by atoms with Gasteiger partial charge in [-0.05, 0) is 12.5 Å². The zero-order chi connectivity index (χ0) is 11.2. The van der Waals surface area contributed by atoms with Crippen LogP contribution < -0.4 is 9.47 Å². The molecule has 0 spiro atoms. The molecule has 0 aliphatic carbocycles. The molecular weight excluding hydrogens is 263 g/mol. The van der Waals surface area contributed by atoms with Crippen LogP contribution in [0.15, 0.2) is 11.0 Å². The van der Waals surface area contributed by atoms with E-state index in [4.69, 9.17) is 31.8 Å². The third kappa shape index (κ3) is 1.75. The summed E-state index contributed by atoms with van der Waals surface area (Å²) in [6.45, 7) is 1.58. The molecule has 1 aliphatic heterocycles. The van der Waals surface area contributed by atoms with Crippen LogP contribution in [-0.2, 0) is 9.05 Å². The Morgan fingerprint density at radius 2 is 2.07 bits per heavy atom. The van der Waals surface area contributed by atoms with Crippen LogP contribution in [0, 0.1) is 6.92 Å². The number of fused-ring (bicyclic) bond motifs is 1. The predicted octanol–water partition coefficient (Wildman–Crippen LogP) is 2.30. The molecule has 0 atom stereocenters. The summed E-state index contributed by atoms with van der Waals surface area (Å²) in [4.78, 5) is -0.0570. The van der Waals surface area contributed by atoms with Crippen LogP contribution in [0.25, 0.3) is 0 Å². The molecule has 1 aromatic rings. The Kier molecular flexibility index (Phi) is 2.48. The molecule has 82 valence electrons. The maximum atomic E-state index is 11.2. The minimum atomic E-state index is -3.83. The summed E-state index contributed by atoms with van der Waals surface area (Å²) in [6.07, 6.45) is 0. The molecule has 7 heteroatoms. The maximum absolute atomic E-state index is 11.2. The molecule has 0 aromatic heterocycles. The van der Waals surface area contributed by atoms with E-state index < -0.39 is 9.05 Å². The predicted molar refractivity (Wildman–Crippen MR) is 55.4 cm³/mol. The van der Waals surface area contributed by atoms with Crippen molar-refractivity contribution in [2.24, 2.45) is 0 Å². The Balaban J connectivity index is 2.75. The lowest BCUT2D eigenvalue weighted by atomic mass is 10.2. The van der Waals surface area contributed by atoms with Crippen molar-refractivity contribution in [3.05, 3.63) is 16.7 Å². The van der Waals surface area contributed by atoms with E-state index in [1.54, 1.807) is 6.92 Å². The Hall–Kier alpha value is -0.650. The molecule has 2 rings (SSSR count). The zero-order valence-corrected chi connectivity index (χ0v) is 9.91. The highest BCUT2D eigenvalue weighted by Crippen LogP contribution is 2.44. The summed E-state index contributed by atoms with van der Waals surface area (Å²) >= 11 is 5.92. The number of halogens is 2. The largest absolute Gasteiger partial charge is 0.453 e. The lowest BCUT2D eigenvalue weighted by molar-refractivity contribution is 0.174. The topological polar surface area (TPSA) is 52.6 Å². The highest BCUT2D eigenvalue weighted by molar-refractivity contribution is 8.13. The molecule has 0 fully saturated rings. The SMILES string of the molecule is Cc1c(S(=O)(=O)Cl)cc2c(c1Cl)OCO2. The van der Waals surface area contributed by atoms with E-state index in [0.717, 1.165) is 0 Å². The van der Waals surface area contributed by atoms with Gasteiger partial charge in [0.2, 0.25) is 6.79 Å². The van der Waals surface area contributed by atoms with Crippen LogP contribution in [0.2, 0.25) is 5.02 Å². The molecule has 0 saturated heterocycles. The second-order valence-electron chi connectivity index (χ2n) is 2.99. The van der Waals surface area contributed by atoms with E-state index in [2.05, 4.69) is 0 Å². The van der Waals surface area contributed by atoms with E-state index in [-0.39, 0.29) is 16.7 Å². The minimum absolute atomic E-state index is 0.0281. The highest BCUT2D eigenvalue weighted by Gasteiger charge is 2.25. The van der Waals surface area contributed by atoms with Gasteiger partial charge in [-0.15, -0.1) is 0 Å². The van der Waals surface area contributed by atoms with Crippen molar-refractivity contribution in [1.29, 1.82) is 0 Å². The first-order chi connectivity index (χ1) is 6.91. The molecule has 4 nitrogen and oxygen atoms in total. The van der Waals surface area contributed by atoms with Gasteiger partial charge < -0.3 is 9.47 Å². The molecule has 1 aliphatic rings. The summed E-state index contributed by atoms with van der Waals surface area (Å²) < 4.78 is 32.6.